The third-order valence-electron chi connectivity index (χ3n) is 2.78. The number of halogens is 1. The molecule has 4 heteroatoms. The topological polar surface area (TPSA) is 32.3 Å². The van der Waals surface area contributed by atoms with Crippen LogP contribution in [0, 0.1) is 5.92 Å². The zero-order chi connectivity index (χ0) is 7.68. The van der Waals surface area contributed by atoms with Crippen LogP contribution >= 0.6 is 12.4 Å². The molecule has 0 aromatic carbocycles. The molecule has 0 saturated carbocycles. The third kappa shape index (κ3) is 1.72. The Kier molecular flexibility index (Phi) is 3.35. The van der Waals surface area contributed by atoms with Crippen molar-refractivity contribution in [2.45, 2.75) is 18.9 Å². The molecule has 2 atom stereocenters. The van der Waals surface area contributed by atoms with Gasteiger partial charge in [0.15, 0.2) is 0 Å². The van der Waals surface area contributed by atoms with E-state index in [1.54, 1.807) is 0 Å². The number of piperidine rings is 1. The maximum absolute atomic E-state index is 10.4. The smallest absolute Gasteiger partial charge is 0.209 e. The maximum atomic E-state index is 10.4. The zero-order valence-electron chi connectivity index (χ0n) is 7.03. The lowest BCUT2D eigenvalue weighted by Gasteiger charge is -2.24. The van der Waals surface area contributed by atoms with E-state index in [2.05, 4.69) is 5.32 Å². The SMILES string of the molecule is Cl.O=CN1C[C@@H]2CCCN[C@@H]2C1. The van der Waals surface area contributed by atoms with Crippen LogP contribution in [-0.4, -0.2) is 37.0 Å². The Hall–Kier alpha value is -0.280. The van der Waals surface area contributed by atoms with Crippen molar-refractivity contribution in [3.63, 3.8) is 0 Å². The lowest BCUT2D eigenvalue weighted by molar-refractivity contribution is -0.117. The van der Waals surface area contributed by atoms with E-state index in [9.17, 15) is 4.79 Å². The van der Waals surface area contributed by atoms with E-state index in [-0.39, 0.29) is 12.4 Å². The molecule has 2 rings (SSSR count). The quantitative estimate of drug-likeness (QED) is 0.602. The van der Waals surface area contributed by atoms with Gasteiger partial charge in [0.25, 0.3) is 0 Å². The highest BCUT2D eigenvalue weighted by Crippen LogP contribution is 2.23. The number of amides is 1. The minimum Gasteiger partial charge on any atom is -0.343 e. The predicted molar refractivity (Wildman–Crippen MR) is 49.4 cm³/mol. The summed E-state index contributed by atoms with van der Waals surface area (Å²) in [6.45, 7) is 3.03. The second-order valence-electron chi connectivity index (χ2n) is 3.52. The van der Waals surface area contributed by atoms with Crippen molar-refractivity contribution in [2.75, 3.05) is 19.6 Å². The molecule has 0 spiro atoms. The number of carbonyl (C=O) groups excluding carboxylic acids is 1. The summed E-state index contributed by atoms with van der Waals surface area (Å²) < 4.78 is 0. The van der Waals surface area contributed by atoms with E-state index in [0.717, 1.165) is 32.0 Å². The van der Waals surface area contributed by atoms with Crippen LogP contribution in [0.15, 0.2) is 0 Å². The Balaban J connectivity index is 0.000000720. The number of fused-ring (bicyclic) bond motifs is 1. The van der Waals surface area contributed by atoms with Gasteiger partial charge in [-0.2, -0.15) is 0 Å². The summed E-state index contributed by atoms with van der Waals surface area (Å²) in [6.07, 6.45) is 3.54. The molecule has 0 bridgehead atoms. The monoisotopic (exact) mass is 190 g/mol. The van der Waals surface area contributed by atoms with Crippen LogP contribution in [0.3, 0.4) is 0 Å². The average Bonchev–Trinajstić information content (AvgIpc) is 2.46. The number of rotatable bonds is 1. The van der Waals surface area contributed by atoms with E-state index < -0.39 is 0 Å². The van der Waals surface area contributed by atoms with Gasteiger partial charge in [0.2, 0.25) is 6.41 Å². The third-order valence-corrected chi connectivity index (χ3v) is 2.78. The first kappa shape index (κ1) is 9.81. The Morgan fingerprint density at radius 1 is 1.42 bits per heavy atom. The van der Waals surface area contributed by atoms with Gasteiger partial charge in [-0.3, -0.25) is 4.79 Å². The Morgan fingerprint density at radius 3 is 2.92 bits per heavy atom. The molecule has 0 aromatic rings. The van der Waals surface area contributed by atoms with E-state index in [1.807, 2.05) is 4.90 Å². The van der Waals surface area contributed by atoms with Crippen molar-refractivity contribution in [1.29, 1.82) is 0 Å². The normalized spacial score (nSPS) is 33.8. The summed E-state index contributed by atoms with van der Waals surface area (Å²) in [5.41, 5.74) is 0. The molecule has 2 fully saturated rings. The van der Waals surface area contributed by atoms with Crippen molar-refractivity contribution in [3.05, 3.63) is 0 Å². The van der Waals surface area contributed by atoms with Crippen LogP contribution in [0.25, 0.3) is 0 Å². The molecule has 2 saturated heterocycles. The van der Waals surface area contributed by atoms with E-state index >= 15 is 0 Å². The summed E-state index contributed by atoms with van der Waals surface area (Å²) >= 11 is 0. The van der Waals surface area contributed by atoms with Gasteiger partial charge in [0.05, 0.1) is 0 Å². The van der Waals surface area contributed by atoms with Crippen LogP contribution in [0.4, 0.5) is 0 Å². The first-order chi connectivity index (χ1) is 5.40. The highest BCUT2D eigenvalue weighted by molar-refractivity contribution is 5.85. The average molecular weight is 191 g/mol. The van der Waals surface area contributed by atoms with Gasteiger partial charge in [0.1, 0.15) is 0 Å². The van der Waals surface area contributed by atoms with E-state index in [4.69, 9.17) is 0 Å². The molecule has 12 heavy (non-hydrogen) atoms. The van der Waals surface area contributed by atoms with E-state index in [1.165, 1.54) is 12.8 Å². The van der Waals surface area contributed by atoms with Gasteiger partial charge >= 0.3 is 0 Å². The van der Waals surface area contributed by atoms with Crippen LogP contribution in [-0.2, 0) is 4.79 Å². The fraction of sp³-hybridized carbons (Fsp3) is 0.875. The number of nitrogens with zero attached hydrogens (tertiary/aromatic N) is 1. The van der Waals surface area contributed by atoms with Crippen molar-refractivity contribution in [1.82, 2.24) is 10.2 Å². The molecule has 1 N–H and O–H groups in total. The minimum atomic E-state index is 0. The molecule has 3 nitrogen and oxygen atoms in total. The van der Waals surface area contributed by atoms with Crippen LogP contribution < -0.4 is 5.32 Å². The lowest BCUT2D eigenvalue weighted by Crippen LogP contribution is -2.40. The Morgan fingerprint density at radius 2 is 2.25 bits per heavy atom. The highest BCUT2D eigenvalue weighted by atomic mass is 35.5. The van der Waals surface area contributed by atoms with Gasteiger partial charge in [-0.25, -0.2) is 0 Å². The fourth-order valence-electron chi connectivity index (χ4n) is 2.17. The minimum absolute atomic E-state index is 0. The number of hydrogen-bond acceptors (Lipinski definition) is 2. The first-order valence-electron chi connectivity index (χ1n) is 4.33. The van der Waals surface area contributed by atoms with Crippen molar-refractivity contribution < 1.29 is 4.79 Å². The van der Waals surface area contributed by atoms with Gasteiger partial charge < -0.3 is 10.2 Å². The Bertz CT molecular complexity index is 151. The molecule has 2 heterocycles. The van der Waals surface area contributed by atoms with Gasteiger partial charge in [-0.15, -0.1) is 12.4 Å². The number of nitrogens with one attached hydrogen (secondary N) is 1. The van der Waals surface area contributed by atoms with Crippen molar-refractivity contribution in [2.24, 2.45) is 5.92 Å². The van der Waals surface area contributed by atoms with Gasteiger partial charge in [-0.05, 0) is 25.3 Å². The highest BCUT2D eigenvalue weighted by Gasteiger charge is 2.33. The summed E-state index contributed by atoms with van der Waals surface area (Å²) in [4.78, 5) is 12.3. The molecule has 2 aliphatic rings. The molecule has 0 unspecified atom stereocenters. The summed E-state index contributed by atoms with van der Waals surface area (Å²) in [6, 6.07) is 0.592. The maximum Gasteiger partial charge on any atom is 0.209 e. The molecule has 0 aliphatic carbocycles. The van der Waals surface area contributed by atoms with Crippen molar-refractivity contribution >= 4 is 18.8 Å². The molecular weight excluding hydrogens is 176 g/mol. The molecule has 2 aliphatic heterocycles. The molecular formula is C8H15ClN2O. The number of likely N-dealkylation sites (tertiary alicyclic amines) is 1. The van der Waals surface area contributed by atoms with Gasteiger partial charge in [0, 0.05) is 19.1 Å². The predicted octanol–water partition coefficient (Wildman–Crippen LogP) is 0.248. The van der Waals surface area contributed by atoms with Crippen molar-refractivity contribution in [3.8, 4) is 0 Å². The van der Waals surface area contributed by atoms with Crippen LogP contribution in [0.5, 0.6) is 0 Å². The standard InChI is InChI=1S/C8H14N2O.ClH/c11-6-10-4-7-2-1-3-9-8(7)5-10;/h6-9H,1-5H2;1H/t7-,8+;/m0./s1. The summed E-state index contributed by atoms with van der Waals surface area (Å²) in [5, 5.41) is 3.44. The van der Waals surface area contributed by atoms with E-state index in [0.29, 0.717) is 6.04 Å². The first-order valence-corrected chi connectivity index (χ1v) is 4.33. The largest absolute Gasteiger partial charge is 0.343 e. The molecule has 0 aromatic heterocycles. The van der Waals surface area contributed by atoms with Crippen LogP contribution in [0.1, 0.15) is 12.8 Å². The molecule has 70 valence electrons. The van der Waals surface area contributed by atoms with Crippen LogP contribution in [0.2, 0.25) is 0 Å². The summed E-state index contributed by atoms with van der Waals surface area (Å²) in [7, 11) is 0. The lowest BCUT2D eigenvalue weighted by atomic mass is 9.94. The summed E-state index contributed by atoms with van der Waals surface area (Å²) in [5.74, 6) is 0.731. The van der Waals surface area contributed by atoms with Gasteiger partial charge in [-0.1, -0.05) is 0 Å². The second kappa shape index (κ2) is 4.10. The number of carbonyl (C=O) groups is 1. The molecule has 1 amide bonds. The molecule has 0 radical (unpaired) electrons. The zero-order valence-corrected chi connectivity index (χ0v) is 7.85. The number of hydrogen-bond donors (Lipinski definition) is 1. The Labute approximate surface area is 78.9 Å². The second-order valence-corrected chi connectivity index (χ2v) is 3.52. The fourth-order valence-corrected chi connectivity index (χ4v) is 2.17.